The Morgan fingerprint density at radius 3 is 1.23 bits per heavy atom. The van der Waals surface area contributed by atoms with E-state index in [9.17, 15) is 19.4 Å². The fraction of sp³-hybridized carbons (Fsp3) is 0.875. The van der Waals surface area contributed by atoms with Gasteiger partial charge in [-0.1, -0.05) is 249 Å². The molecule has 0 aliphatic heterocycles. The Labute approximate surface area is 404 Å². The second-order valence-corrected chi connectivity index (χ2v) is 21.8. The van der Waals surface area contributed by atoms with E-state index in [4.69, 9.17) is 9.05 Å². The second-order valence-electron chi connectivity index (χ2n) is 20.3. The summed E-state index contributed by atoms with van der Waals surface area (Å²) < 4.78 is 23.7. The van der Waals surface area contributed by atoms with Crippen molar-refractivity contribution in [1.29, 1.82) is 0 Å². The van der Waals surface area contributed by atoms with E-state index in [0.29, 0.717) is 17.4 Å². The smallest absolute Gasteiger partial charge is 0.387 e. The number of phosphoric ester groups is 1. The highest BCUT2D eigenvalue weighted by Crippen LogP contribution is 2.43. The predicted octanol–water partition coefficient (Wildman–Crippen LogP) is 16.6. The van der Waals surface area contributed by atoms with Crippen LogP contribution in [0.3, 0.4) is 0 Å². The molecule has 0 heterocycles. The minimum absolute atomic E-state index is 0.0551. The minimum atomic E-state index is -4.36. The van der Waals surface area contributed by atoms with Crippen LogP contribution in [0.1, 0.15) is 264 Å². The van der Waals surface area contributed by atoms with Gasteiger partial charge in [-0.2, -0.15) is 0 Å². The van der Waals surface area contributed by atoms with Crippen molar-refractivity contribution in [1.82, 2.24) is 5.32 Å². The molecule has 3 atom stereocenters. The lowest BCUT2D eigenvalue weighted by molar-refractivity contribution is -0.870. The molecule has 0 rings (SSSR count). The number of aliphatic hydroxyl groups excluding tert-OH is 1. The Hall–Kier alpha value is -1.28. The number of aliphatic hydroxyl groups is 1. The van der Waals surface area contributed by atoms with Crippen LogP contribution in [-0.4, -0.2) is 73.4 Å². The average molecular weight is 938 g/mol. The summed E-state index contributed by atoms with van der Waals surface area (Å²) in [4.78, 5) is 23.3. The molecule has 9 heteroatoms. The van der Waals surface area contributed by atoms with Gasteiger partial charge in [0, 0.05) is 6.42 Å². The van der Waals surface area contributed by atoms with Gasteiger partial charge in [-0.25, -0.2) is 4.57 Å². The number of carbonyl (C=O) groups excluding carboxylic acids is 1. The summed E-state index contributed by atoms with van der Waals surface area (Å²) in [7, 11) is 1.56. The Balaban J connectivity index is 4.29. The predicted molar refractivity (Wildman–Crippen MR) is 281 cm³/mol. The van der Waals surface area contributed by atoms with Gasteiger partial charge in [0.05, 0.1) is 39.9 Å². The summed E-state index contributed by atoms with van der Waals surface area (Å²) in [5, 5.41) is 13.9. The Kier molecular flexibility index (Phi) is 46.8. The number of hydrogen-bond donors (Lipinski definition) is 3. The first-order valence-electron chi connectivity index (χ1n) is 27.9. The maximum atomic E-state index is 13.0. The van der Waals surface area contributed by atoms with Crippen molar-refractivity contribution in [3.8, 4) is 0 Å². The highest BCUT2D eigenvalue weighted by molar-refractivity contribution is 7.47. The largest absolute Gasteiger partial charge is 0.472 e. The highest BCUT2D eigenvalue weighted by atomic mass is 31.2. The lowest BCUT2D eigenvalue weighted by atomic mass is 10.0. The van der Waals surface area contributed by atoms with E-state index in [1.807, 2.05) is 27.2 Å². The number of rotatable bonds is 51. The van der Waals surface area contributed by atoms with Gasteiger partial charge < -0.3 is 19.8 Å². The topological polar surface area (TPSA) is 105 Å². The van der Waals surface area contributed by atoms with Crippen LogP contribution in [-0.2, 0) is 18.4 Å². The normalized spacial score (nSPS) is 14.3. The molecule has 0 aliphatic carbocycles. The van der Waals surface area contributed by atoms with Crippen molar-refractivity contribution in [3.05, 3.63) is 36.5 Å². The summed E-state index contributed by atoms with van der Waals surface area (Å²) in [6.07, 6.45) is 61.0. The molecule has 0 radical (unpaired) electrons. The van der Waals surface area contributed by atoms with Crippen LogP contribution in [0.25, 0.3) is 0 Å². The Morgan fingerprint density at radius 2 is 0.846 bits per heavy atom. The zero-order valence-electron chi connectivity index (χ0n) is 43.7. The third-order valence-electron chi connectivity index (χ3n) is 12.6. The van der Waals surface area contributed by atoms with E-state index >= 15 is 0 Å². The number of allylic oxidation sites excluding steroid dienone is 5. The molecule has 0 aliphatic rings. The van der Waals surface area contributed by atoms with Gasteiger partial charge in [-0.05, 0) is 44.9 Å². The fourth-order valence-corrected chi connectivity index (χ4v) is 8.93. The fourth-order valence-electron chi connectivity index (χ4n) is 8.19. The van der Waals surface area contributed by atoms with Crippen LogP contribution in [0.4, 0.5) is 0 Å². The van der Waals surface area contributed by atoms with Crippen molar-refractivity contribution >= 4 is 13.7 Å². The van der Waals surface area contributed by atoms with Crippen LogP contribution >= 0.6 is 7.82 Å². The molecular weight excluding hydrogens is 828 g/mol. The van der Waals surface area contributed by atoms with E-state index in [2.05, 4.69) is 43.5 Å². The van der Waals surface area contributed by atoms with Crippen molar-refractivity contribution < 1.29 is 32.9 Å². The molecule has 1 amide bonds. The summed E-state index contributed by atoms with van der Waals surface area (Å²) in [6.45, 7) is 4.82. The summed E-state index contributed by atoms with van der Waals surface area (Å²) in [6, 6.07) is -0.867. The Morgan fingerprint density at radius 1 is 0.508 bits per heavy atom. The van der Waals surface area contributed by atoms with Gasteiger partial charge in [0.1, 0.15) is 13.2 Å². The zero-order valence-corrected chi connectivity index (χ0v) is 44.6. The first-order chi connectivity index (χ1) is 31.5. The number of quaternary nitrogens is 1. The number of nitrogens with one attached hydrogen (secondary N) is 1. The zero-order chi connectivity index (χ0) is 47.8. The van der Waals surface area contributed by atoms with Gasteiger partial charge in [0.25, 0.3) is 0 Å². The first-order valence-corrected chi connectivity index (χ1v) is 29.4. The number of likely N-dealkylation sites (N-methyl/N-ethyl adjacent to an activating group) is 1. The summed E-state index contributed by atoms with van der Waals surface area (Å²) in [5.74, 6) is -0.186. The van der Waals surface area contributed by atoms with E-state index in [1.54, 1.807) is 6.08 Å². The quantitative estimate of drug-likeness (QED) is 0.0243. The van der Waals surface area contributed by atoms with Gasteiger partial charge >= 0.3 is 7.82 Å². The number of nitrogens with zero attached hydrogens (tertiary/aromatic N) is 1. The van der Waals surface area contributed by atoms with Gasteiger partial charge in [-0.3, -0.25) is 13.8 Å². The summed E-state index contributed by atoms with van der Waals surface area (Å²) >= 11 is 0. The molecule has 0 spiro atoms. The standard InChI is InChI=1S/C56H109N2O6P/c1-6-8-10-12-14-16-18-20-22-24-26-28-30-32-34-36-38-40-42-44-46-48-50-56(60)57-54(53-64-65(61,62)63-52-51-58(3,4)5)55(59)49-47-45-43-41-39-37-35-33-31-29-27-25-23-21-19-17-15-13-11-9-7-2/h31,33,39,41,47,49,54-55,59H,6-30,32,34-38,40,42-46,48,50-53H2,1-5H3,(H-,57,60,61,62)/p+1/b33-31+,41-39+,49-47+. The molecule has 65 heavy (non-hydrogen) atoms. The van der Waals surface area contributed by atoms with Crippen LogP contribution in [0.5, 0.6) is 0 Å². The first kappa shape index (κ1) is 63.7. The molecule has 0 bridgehead atoms. The molecule has 3 N–H and O–H groups in total. The minimum Gasteiger partial charge on any atom is -0.387 e. The van der Waals surface area contributed by atoms with Crippen molar-refractivity contribution in [2.75, 3.05) is 40.9 Å². The molecule has 384 valence electrons. The number of unbranched alkanes of at least 4 members (excludes halogenated alkanes) is 34. The number of hydrogen-bond acceptors (Lipinski definition) is 5. The SMILES string of the molecule is CCCCCCCCCCCCC/C=C/CC/C=C/CC/C=C/C(O)C(COP(=O)(O)OCC[N+](C)(C)C)NC(=O)CCCCCCCCCCCCCCCCCCCCCCCC. The number of carbonyl (C=O) groups is 1. The lowest BCUT2D eigenvalue weighted by Gasteiger charge is -2.25. The van der Waals surface area contributed by atoms with E-state index in [0.717, 1.165) is 44.9 Å². The highest BCUT2D eigenvalue weighted by Gasteiger charge is 2.27. The lowest BCUT2D eigenvalue weighted by Crippen LogP contribution is -2.45. The molecular formula is C56H110N2O6P+. The van der Waals surface area contributed by atoms with E-state index < -0.39 is 20.0 Å². The van der Waals surface area contributed by atoms with Crippen LogP contribution < -0.4 is 5.32 Å². The Bertz CT molecular complexity index is 1150. The molecule has 0 saturated carbocycles. The van der Waals surface area contributed by atoms with Gasteiger partial charge in [-0.15, -0.1) is 0 Å². The van der Waals surface area contributed by atoms with Crippen molar-refractivity contribution in [2.24, 2.45) is 0 Å². The monoisotopic (exact) mass is 938 g/mol. The van der Waals surface area contributed by atoms with Crippen LogP contribution in [0.2, 0.25) is 0 Å². The molecule has 0 saturated heterocycles. The van der Waals surface area contributed by atoms with Gasteiger partial charge in [0.2, 0.25) is 5.91 Å². The van der Waals surface area contributed by atoms with E-state index in [-0.39, 0.29) is 19.1 Å². The molecule has 3 unspecified atom stereocenters. The van der Waals surface area contributed by atoms with Crippen LogP contribution in [0.15, 0.2) is 36.5 Å². The molecule has 0 aromatic rings. The number of amides is 1. The molecule has 8 nitrogen and oxygen atoms in total. The maximum Gasteiger partial charge on any atom is 0.472 e. The third kappa shape index (κ3) is 50.4. The van der Waals surface area contributed by atoms with Crippen molar-refractivity contribution in [2.45, 2.75) is 276 Å². The number of phosphoric acid groups is 1. The van der Waals surface area contributed by atoms with Crippen molar-refractivity contribution in [3.63, 3.8) is 0 Å². The average Bonchev–Trinajstić information content (AvgIpc) is 3.26. The van der Waals surface area contributed by atoms with Crippen LogP contribution in [0, 0.1) is 0 Å². The third-order valence-corrected chi connectivity index (χ3v) is 13.6. The second kappa shape index (κ2) is 47.8. The molecule has 0 aromatic carbocycles. The maximum absolute atomic E-state index is 13.0. The van der Waals surface area contributed by atoms with Gasteiger partial charge in [0.15, 0.2) is 0 Å². The summed E-state index contributed by atoms with van der Waals surface area (Å²) in [5.41, 5.74) is 0. The van der Waals surface area contributed by atoms with E-state index in [1.165, 1.54) is 199 Å². The molecule has 0 fully saturated rings. The molecule has 0 aromatic heterocycles.